The van der Waals surface area contributed by atoms with Gasteiger partial charge in [0.15, 0.2) is 0 Å². The molecular weight excluding hydrogens is 379 g/mol. The Labute approximate surface area is 163 Å². The van der Waals surface area contributed by atoms with E-state index in [0.29, 0.717) is 5.69 Å². The molecule has 3 rings (SSSR count). The monoisotopic (exact) mass is 398 g/mol. The maximum Gasteiger partial charge on any atom is 0.264 e. The van der Waals surface area contributed by atoms with Gasteiger partial charge in [-0.2, -0.15) is 0 Å². The zero-order valence-electron chi connectivity index (χ0n) is 15.2. The molecule has 0 aromatic heterocycles. The summed E-state index contributed by atoms with van der Waals surface area (Å²) in [7, 11) is -3.97. The first kappa shape index (κ1) is 19.6. The van der Waals surface area contributed by atoms with Gasteiger partial charge in [0.25, 0.3) is 10.0 Å². The summed E-state index contributed by atoms with van der Waals surface area (Å²) in [5.74, 6) is -1.07. The van der Waals surface area contributed by atoms with Crippen molar-refractivity contribution in [1.29, 1.82) is 0 Å². The summed E-state index contributed by atoms with van der Waals surface area (Å²) in [6, 6.07) is 20.2. The molecule has 0 fully saturated rings. The molecule has 1 amide bonds. The maximum atomic E-state index is 13.3. The zero-order chi connectivity index (χ0) is 20.1. The molecule has 1 N–H and O–H groups in total. The third-order valence-corrected chi connectivity index (χ3v) is 5.84. The van der Waals surface area contributed by atoms with Crippen LogP contribution in [0, 0.1) is 12.7 Å². The molecule has 0 aliphatic carbocycles. The van der Waals surface area contributed by atoms with Crippen LogP contribution >= 0.6 is 0 Å². The van der Waals surface area contributed by atoms with E-state index in [1.807, 2.05) is 6.92 Å². The number of carbonyl (C=O) groups is 1. The summed E-state index contributed by atoms with van der Waals surface area (Å²) in [6.45, 7) is 1.41. The van der Waals surface area contributed by atoms with Crippen LogP contribution in [-0.2, 0) is 14.8 Å². The normalized spacial score (nSPS) is 11.1. The molecule has 0 spiro atoms. The second kappa shape index (κ2) is 8.22. The molecule has 144 valence electrons. The summed E-state index contributed by atoms with van der Waals surface area (Å²) in [5.41, 5.74) is 1.54. The van der Waals surface area contributed by atoms with Crippen molar-refractivity contribution in [3.63, 3.8) is 0 Å². The van der Waals surface area contributed by atoms with Gasteiger partial charge in [0.2, 0.25) is 5.91 Å². The van der Waals surface area contributed by atoms with Crippen LogP contribution < -0.4 is 9.62 Å². The minimum Gasteiger partial charge on any atom is -0.324 e. The van der Waals surface area contributed by atoms with Crippen molar-refractivity contribution in [3.8, 4) is 0 Å². The van der Waals surface area contributed by atoms with E-state index in [2.05, 4.69) is 5.32 Å². The van der Waals surface area contributed by atoms with Gasteiger partial charge in [0, 0.05) is 5.69 Å². The number of amides is 1. The quantitative estimate of drug-likeness (QED) is 0.683. The fourth-order valence-corrected chi connectivity index (χ4v) is 4.06. The Morgan fingerprint density at radius 2 is 1.64 bits per heavy atom. The van der Waals surface area contributed by atoms with Gasteiger partial charge in [0.1, 0.15) is 12.4 Å². The molecule has 0 aliphatic heterocycles. The number of rotatable bonds is 6. The Bertz CT molecular complexity index is 1070. The Morgan fingerprint density at radius 3 is 2.29 bits per heavy atom. The van der Waals surface area contributed by atoms with Crippen LogP contribution in [0.3, 0.4) is 0 Å². The summed E-state index contributed by atoms with van der Waals surface area (Å²) in [4.78, 5) is 12.6. The average Bonchev–Trinajstić information content (AvgIpc) is 2.67. The zero-order valence-corrected chi connectivity index (χ0v) is 16.0. The molecule has 3 aromatic rings. The van der Waals surface area contributed by atoms with Crippen LogP contribution in [-0.4, -0.2) is 20.9 Å². The third kappa shape index (κ3) is 4.55. The Balaban J connectivity index is 1.91. The van der Waals surface area contributed by atoms with Crippen LogP contribution in [0.5, 0.6) is 0 Å². The lowest BCUT2D eigenvalue weighted by molar-refractivity contribution is -0.114. The second-order valence-corrected chi connectivity index (χ2v) is 8.08. The number of halogens is 1. The van der Waals surface area contributed by atoms with Gasteiger partial charge in [-0.05, 0) is 49.4 Å². The number of aryl methyl sites for hydroxylation is 1. The smallest absolute Gasteiger partial charge is 0.264 e. The number of hydrogen-bond acceptors (Lipinski definition) is 3. The van der Waals surface area contributed by atoms with Gasteiger partial charge in [-0.3, -0.25) is 9.10 Å². The van der Waals surface area contributed by atoms with Gasteiger partial charge in [-0.1, -0.05) is 42.0 Å². The molecule has 0 bridgehead atoms. The molecule has 7 heteroatoms. The molecule has 0 heterocycles. The van der Waals surface area contributed by atoms with E-state index in [1.165, 1.54) is 36.4 Å². The van der Waals surface area contributed by atoms with Gasteiger partial charge in [-0.15, -0.1) is 0 Å². The van der Waals surface area contributed by atoms with Gasteiger partial charge in [-0.25, -0.2) is 12.8 Å². The third-order valence-electron chi connectivity index (χ3n) is 4.05. The van der Waals surface area contributed by atoms with Crippen molar-refractivity contribution in [1.82, 2.24) is 0 Å². The number of para-hydroxylation sites is 1. The van der Waals surface area contributed by atoms with Crippen molar-refractivity contribution in [3.05, 3.63) is 90.2 Å². The number of benzene rings is 3. The lowest BCUT2D eigenvalue weighted by Crippen LogP contribution is -2.38. The topological polar surface area (TPSA) is 66.5 Å². The maximum absolute atomic E-state index is 13.3. The number of carbonyl (C=O) groups excluding carboxylic acids is 1. The Morgan fingerprint density at radius 1 is 0.964 bits per heavy atom. The van der Waals surface area contributed by atoms with Gasteiger partial charge >= 0.3 is 0 Å². The average molecular weight is 398 g/mol. The molecule has 3 aromatic carbocycles. The van der Waals surface area contributed by atoms with E-state index < -0.39 is 28.3 Å². The van der Waals surface area contributed by atoms with E-state index in [1.54, 1.807) is 42.5 Å². The molecule has 0 radical (unpaired) electrons. The highest BCUT2D eigenvalue weighted by atomic mass is 32.2. The fourth-order valence-electron chi connectivity index (χ4n) is 2.64. The lowest BCUT2D eigenvalue weighted by Gasteiger charge is -2.24. The van der Waals surface area contributed by atoms with Crippen LogP contribution in [0.4, 0.5) is 15.8 Å². The molecule has 0 saturated heterocycles. The van der Waals surface area contributed by atoms with Crippen molar-refractivity contribution in [2.45, 2.75) is 11.8 Å². The van der Waals surface area contributed by atoms with E-state index >= 15 is 0 Å². The molecule has 28 heavy (non-hydrogen) atoms. The first-order valence-electron chi connectivity index (χ1n) is 8.56. The molecule has 0 saturated carbocycles. The highest BCUT2D eigenvalue weighted by Gasteiger charge is 2.27. The van der Waals surface area contributed by atoms with E-state index in [4.69, 9.17) is 0 Å². The lowest BCUT2D eigenvalue weighted by atomic mass is 10.2. The predicted octanol–water partition coefficient (Wildman–Crippen LogP) is 3.97. The van der Waals surface area contributed by atoms with Crippen LogP contribution in [0.25, 0.3) is 0 Å². The van der Waals surface area contributed by atoms with Crippen molar-refractivity contribution >= 4 is 27.3 Å². The van der Waals surface area contributed by atoms with Gasteiger partial charge < -0.3 is 5.32 Å². The molecular formula is C21H19FN2O3S. The van der Waals surface area contributed by atoms with Crippen LogP contribution in [0.15, 0.2) is 83.8 Å². The first-order chi connectivity index (χ1) is 13.4. The van der Waals surface area contributed by atoms with Crippen LogP contribution in [0.2, 0.25) is 0 Å². The minimum atomic E-state index is -3.97. The molecule has 0 atom stereocenters. The largest absolute Gasteiger partial charge is 0.324 e. The second-order valence-electron chi connectivity index (χ2n) is 6.22. The molecule has 5 nitrogen and oxygen atoms in total. The highest BCUT2D eigenvalue weighted by Crippen LogP contribution is 2.24. The summed E-state index contributed by atoms with van der Waals surface area (Å²) < 4.78 is 40.7. The van der Waals surface area contributed by atoms with Crippen molar-refractivity contribution < 1.29 is 17.6 Å². The fraction of sp³-hybridized carbons (Fsp3) is 0.0952. The number of anilines is 2. The number of hydrogen-bond donors (Lipinski definition) is 1. The molecule has 0 unspecified atom stereocenters. The summed E-state index contributed by atoms with van der Waals surface area (Å²) in [6.07, 6.45) is 0. The summed E-state index contributed by atoms with van der Waals surface area (Å²) in [5, 5.41) is 2.53. The Hall–Kier alpha value is -3.19. The van der Waals surface area contributed by atoms with Gasteiger partial charge in [0.05, 0.1) is 10.6 Å². The standard InChI is InChI=1S/C21H19FN2O3S/c1-16-10-12-20(13-11-16)28(26,27)24(19-8-3-2-4-9-19)15-21(25)23-18-7-5-6-17(22)14-18/h2-14H,15H2,1H3,(H,23,25). The van der Waals surface area contributed by atoms with Crippen molar-refractivity contribution in [2.75, 3.05) is 16.2 Å². The number of sulfonamides is 1. The Kier molecular flexibility index (Phi) is 5.75. The highest BCUT2D eigenvalue weighted by molar-refractivity contribution is 7.92. The first-order valence-corrected chi connectivity index (χ1v) is 10.0. The SMILES string of the molecule is Cc1ccc(S(=O)(=O)N(CC(=O)Nc2cccc(F)c2)c2ccccc2)cc1. The minimum absolute atomic E-state index is 0.0838. The van der Waals surface area contributed by atoms with E-state index in [9.17, 15) is 17.6 Å². The van der Waals surface area contributed by atoms with Crippen LogP contribution in [0.1, 0.15) is 5.56 Å². The number of nitrogens with zero attached hydrogens (tertiary/aromatic N) is 1. The molecule has 0 aliphatic rings. The summed E-state index contributed by atoms with van der Waals surface area (Å²) >= 11 is 0. The van der Waals surface area contributed by atoms with Crippen molar-refractivity contribution in [2.24, 2.45) is 0 Å². The van der Waals surface area contributed by atoms with E-state index in [0.717, 1.165) is 9.87 Å². The van der Waals surface area contributed by atoms with E-state index in [-0.39, 0.29) is 10.6 Å². The number of nitrogens with one attached hydrogen (secondary N) is 1. The predicted molar refractivity (Wildman–Crippen MR) is 107 cm³/mol.